The van der Waals surface area contributed by atoms with Crippen LogP contribution in [0.25, 0.3) is 0 Å². The monoisotopic (exact) mass is 384 g/mol. The van der Waals surface area contributed by atoms with Gasteiger partial charge in [-0.25, -0.2) is 0 Å². The van der Waals surface area contributed by atoms with Crippen LogP contribution in [0.4, 0.5) is 0 Å². The van der Waals surface area contributed by atoms with Crippen molar-refractivity contribution in [2.24, 2.45) is 23.7 Å². The molecule has 3 heteroatoms. The fourth-order valence-corrected chi connectivity index (χ4v) is 3.66. The molecule has 0 aromatic rings. The normalized spacial score (nSPS) is 32.9. The van der Waals surface area contributed by atoms with Crippen molar-refractivity contribution in [3.63, 3.8) is 0 Å². The molecule has 0 spiro atoms. The van der Waals surface area contributed by atoms with E-state index in [1.165, 1.54) is 51.4 Å². The summed E-state index contributed by atoms with van der Waals surface area (Å²) in [5.41, 5.74) is 0. The van der Waals surface area contributed by atoms with Crippen LogP contribution in [0.2, 0.25) is 0 Å². The zero-order chi connectivity index (χ0) is 14.7. The van der Waals surface area contributed by atoms with Crippen molar-refractivity contribution >= 4 is 17.0 Å². The molecule has 114 valence electrons. The molecule has 2 fully saturated rings. The summed E-state index contributed by atoms with van der Waals surface area (Å²) in [4.78, 5) is 0. The predicted octanol–water partition coefficient (Wildman–Crippen LogP) is 7.04. The van der Waals surface area contributed by atoms with E-state index in [9.17, 15) is 0 Å². The summed E-state index contributed by atoms with van der Waals surface area (Å²) in [7, 11) is 9.87. The van der Waals surface area contributed by atoms with Crippen LogP contribution in [-0.2, 0) is 20.8 Å². The third kappa shape index (κ3) is 9.15. The molecule has 0 radical (unpaired) electrons. The van der Waals surface area contributed by atoms with Crippen LogP contribution in [0, 0.1) is 23.7 Å². The molecule has 4 atom stereocenters. The van der Waals surface area contributed by atoms with E-state index in [4.69, 9.17) is 17.0 Å². The number of halogens is 2. The van der Waals surface area contributed by atoms with Gasteiger partial charge in [0.25, 0.3) is 0 Å². The van der Waals surface area contributed by atoms with Gasteiger partial charge >= 0.3 is 37.9 Å². The Hall–Kier alpha value is 1.46. The van der Waals surface area contributed by atoms with Crippen molar-refractivity contribution in [3.05, 3.63) is 0 Å². The molecular formula is C16H32Cl2Zr. The quantitative estimate of drug-likeness (QED) is 0.477. The predicted molar refractivity (Wildman–Crippen MR) is 85.3 cm³/mol. The van der Waals surface area contributed by atoms with Gasteiger partial charge in [0.15, 0.2) is 0 Å². The van der Waals surface area contributed by atoms with E-state index in [0.29, 0.717) is 0 Å². The third-order valence-corrected chi connectivity index (χ3v) is 5.13. The van der Waals surface area contributed by atoms with Crippen molar-refractivity contribution in [2.45, 2.75) is 79.1 Å². The molecule has 0 saturated heterocycles. The van der Waals surface area contributed by atoms with Gasteiger partial charge in [0.1, 0.15) is 0 Å². The van der Waals surface area contributed by atoms with E-state index in [2.05, 4.69) is 27.7 Å². The van der Waals surface area contributed by atoms with Crippen LogP contribution in [-0.4, -0.2) is 0 Å². The SMILES string of the molecule is CCC1CCCC1C.CCC1CCCC1C.[Cl][Zr][Cl]. The van der Waals surface area contributed by atoms with Crippen LogP contribution < -0.4 is 0 Å². The molecule has 0 aliphatic heterocycles. The molecule has 0 aromatic carbocycles. The molecule has 2 aliphatic carbocycles. The zero-order valence-electron chi connectivity index (χ0n) is 13.2. The fourth-order valence-electron chi connectivity index (χ4n) is 3.66. The molecule has 2 saturated carbocycles. The van der Waals surface area contributed by atoms with Gasteiger partial charge in [-0.15, -0.1) is 0 Å². The van der Waals surface area contributed by atoms with E-state index in [1.54, 1.807) is 0 Å². The van der Waals surface area contributed by atoms with E-state index in [0.717, 1.165) is 23.7 Å². The molecule has 4 unspecified atom stereocenters. The molecule has 2 aliphatic rings. The molecule has 0 N–H and O–H groups in total. The van der Waals surface area contributed by atoms with Crippen molar-refractivity contribution in [1.82, 2.24) is 0 Å². The van der Waals surface area contributed by atoms with Crippen LogP contribution in [0.1, 0.15) is 79.1 Å². The summed E-state index contributed by atoms with van der Waals surface area (Å²) in [6, 6.07) is 0. The first-order chi connectivity index (χ1) is 9.10. The second-order valence-corrected chi connectivity index (χ2v) is 9.96. The van der Waals surface area contributed by atoms with Crippen LogP contribution in [0.15, 0.2) is 0 Å². The minimum atomic E-state index is -0.826. The topological polar surface area (TPSA) is 0 Å². The summed E-state index contributed by atoms with van der Waals surface area (Å²) in [5.74, 6) is 4.19. The summed E-state index contributed by atoms with van der Waals surface area (Å²) in [6.07, 6.45) is 11.7. The Morgan fingerprint density at radius 2 is 1.11 bits per heavy atom. The molecule has 0 bridgehead atoms. The molecule has 2 rings (SSSR count). The van der Waals surface area contributed by atoms with Crippen molar-refractivity contribution in [1.29, 1.82) is 0 Å². The summed E-state index contributed by atoms with van der Waals surface area (Å²) in [5, 5.41) is 0. The van der Waals surface area contributed by atoms with E-state index < -0.39 is 20.8 Å². The Morgan fingerprint density at radius 1 is 0.789 bits per heavy atom. The Bertz CT molecular complexity index is 179. The second-order valence-electron chi connectivity index (χ2n) is 6.22. The van der Waals surface area contributed by atoms with Crippen molar-refractivity contribution in [3.8, 4) is 0 Å². The van der Waals surface area contributed by atoms with Gasteiger partial charge in [-0.3, -0.25) is 0 Å². The Labute approximate surface area is 140 Å². The maximum absolute atomic E-state index is 4.93. The zero-order valence-corrected chi connectivity index (χ0v) is 17.2. The fraction of sp³-hybridized carbons (Fsp3) is 1.00. The first-order valence-corrected chi connectivity index (χ1v) is 14.4. The number of hydrogen-bond donors (Lipinski definition) is 0. The van der Waals surface area contributed by atoms with Gasteiger partial charge in [0.2, 0.25) is 0 Å². The number of hydrogen-bond acceptors (Lipinski definition) is 0. The molecular weight excluding hydrogens is 354 g/mol. The average molecular weight is 387 g/mol. The molecule has 19 heavy (non-hydrogen) atoms. The molecule has 0 heterocycles. The Balaban J connectivity index is 0.000000284. The molecule has 0 aromatic heterocycles. The van der Waals surface area contributed by atoms with Gasteiger partial charge in [-0.1, -0.05) is 79.1 Å². The molecule has 0 amide bonds. The Kier molecular flexibility index (Phi) is 14.2. The third-order valence-electron chi connectivity index (χ3n) is 5.13. The molecule has 0 nitrogen and oxygen atoms in total. The standard InChI is InChI=1S/2C8H16.2ClH.Zr/c2*1-3-8-6-4-5-7(8)2;;;/h2*7-8H,3-6H2,1-2H3;2*1H;/q;;;;+2/p-2. The van der Waals surface area contributed by atoms with Gasteiger partial charge in [0.05, 0.1) is 0 Å². The first-order valence-electron chi connectivity index (χ1n) is 8.06. The summed E-state index contributed by atoms with van der Waals surface area (Å²) < 4.78 is 0. The van der Waals surface area contributed by atoms with Crippen LogP contribution in [0.5, 0.6) is 0 Å². The van der Waals surface area contributed by atoms with Crippen molar-refractivity contribution in [2.75, 3.05) is 0 Å². The van der Waals surface area contributed by atoms with E-state index in [-0.39, 0.29) is 0 Å². The van der Waals surface area contributed by atoms with Crippen LogP contribution in [0.3, 0.4) is 0 Å². The Morgan fingerprint density at radius 3 is 1.21 bits per heavy atom. The van der Waals surface area contributed by atoms with Crippen LogP contribution >= 0.6 is 17.0 Å². The second kappa shape index (κ2) is 13.1. The van der Waals surface area contributed by atoms with Gasteiger partial charge in [0, 0.05) is 0 Å². The summed E-state index contributed by atoms with van der Waals surface area (Å²) >= 11 is -0.826. The summed E-state index contributed by atoms with van der Waals surface area (Å²) in [6.45, 7) is 9.40. The van der Waals surface area contributed by atoms with Gasteiger partial charge < -0.3 is 0 Å². The van der Waals surface area contributed by atoms with Crippen molar-refractivity contribution < 1.29 is 20.8 Å². The van der Waals surface area contributed by atoms with E-state index in [1.807, 2.05) is 0 Å². The minimum absolute atomic E-state index is 0.826. The van der Waals surface area contributed by atoms with Gasteiger partial charge in [-0.2, -0.15) is 0 Å². The van der Waals surface area contributed by atoms with E-state index >= 15 is 0 Å². The van der Waals surface area contributed by atoms with Gasteiger partial charge in [-0.05, 0) is 23.7 Å². The average Bonchev–Trinajstić information content (AvgIpc) is 2.99. The number of rotatable bonds is 2. The maximum atomic E-state index is 4.93. The first kappa shape index (κ1) is 20.5.